The molecule has 0 aromatic heterocycles. The van der Waals surface area contributed by atoms with Gasteiger partial charge in [0.05, 0.1) is 0 Å². The van der Waals surface area contributed by atoms with E-state index in [-0.39, 0.29) is 0 Å². The molecule has 2 aromatic carbocycles. The highest BCUT2D eigenvalue weighted by Gasteiger charge is 2.30. The summed E-state index contributed by atoms with van der Waals surface area (Å²) in [4.78, 5) is 11.2. The molecule has 110 valence electrons. The average molecular weight is 306 g/mol. The Morgan fingerprint density at radius 3 is 2.67 bits per heavy atom. The van der Waals surface area contributed by atoms with E-state index < -0.39 is 11.5 Å². The van der Waals surface area contributed by atoms with Crippen LogP contribution in [0.25, 0.3) is 0 Å². The molecule has 1 atom stereocenters. The van der Waals surface area contributed by atoms with Crippen molar-refractivity contribution < 1.29 is 14.6 Å². The van der Waals surface area contributed by atoms with Gasteiger partial charge in [-0.05, 0) is 42.3 Å². The number of hydrogen-bond donors (Lipinski definition) is 2. The smallest absolute Gasteiger partial charge is 0.328 e. The van der Waals surface area contributed by atoms with Gasteiger partial charge in [-0.25, -0.2) is 4.79 Å². The Balaban J connectivity index is 2.13. The Kier molecular flexibility index (Phi) is 4.50. The number of halogens is 1. The fourth-order valence-electron chi connectivity index (χ4n) is 1.83. The van der Waals surface area contributed by atoms with Gasteiger partial charge >= 0.3 is 5.97 Å². The van der Waals surface area contributed by atoms with Crippen LogP contribution in [0.3, 0.4) is 0 Å². The highest BCUT2D eigenvalue weighted by atomic mass is 35.5. The Morgan fingerprint density at radius 1 is 1.29 bits per heavy atom. The van der Waals surface area contributed by atoms with Crippen LogP contribution >= 0.6 is 11.6 Å². The second-order valence-corrected chi connectivity index (χ2v) is 5.39. The van der Waals surface area contributed by atoms with E-state index >= 15 is 0 Å². The zero-order valence-electron chi connectivity index (χ0n) is 11.5. The standard InChI is InChI=1S/C16H16ClNO3/c1-16(18,15(19)20)12-5-3-7-14(9-12)21-10-11-4-2-6-13(17)8-11/h2-9H,10,18H2,1H3,(H,19,20)/t16-/m1/s1. The first-order chi connectivity index (χ1) is 9.89. The van der Waals surface area contributed by atoms with Gasteiger partial charge in [-0.15, -0.1) is 0 Å². The molecule has 2 aromatic rings. The van der Waals surface area contributed by atoms with Gasteiger partial charge in [0, 0.05) is 5.02 Å². The Bertz CT molecular complexity index is 655. The van der Waals surface area contributed by atoms with Crippen LogP contribution in [-0.4, -0.2) is 11.1 Å². The maximum atomic E-state index is 11.2. The van der Waals surface area contributed by atoms with E-state index in [9.17, 15) is 4.79 Å². The van der Waals surface area contributed by atoms with E-state index in [1.54, 1.807) is 30.3 Å². The minimum Gasteiger partial charge on any atom is -0.489 e. The Hall–Kier alpha value is -2.04. The summed E-state index contributed by atoms with van der Waals surface area (Å²) in [5.41, 5.74) is 5.77. The van der Waals surface area contributed by atoms with Crippen LogP contribution in [0.15, 0.2) is 48.5 Å². The van der Waals surface area contributed by atoms with Crippen molar-refractivity contribution in [3.05, 3.63) is 64.7 Å². The predicted octanol–water partition coefficient (Wildman–Crippen LogP) is 3.18. The van der Waals surface area contributed by atoms with E-state index in [0.29, 0.717) is 22.9 Å². The topological polar surface area (TPSA) is 72.6 Å². The molecule has 0 unspecified atom stereocenters. The third kappa shape index (κ3) is 3.74. The number of carboxylic acid groups (broad SMARTS) is 1. The molecule has 0 aliphatic carbocycles. The summed E-state index contributed by atoms with van der Waals surface area (Å²) >= 11 is 5.91. The van der Waals surface area contributed by atoms with Crippen LogP contribution in [0, 0.1) is 0 Å². The van der Waals surface area contributed by atoms with Crippen LogP contribution in [0.4, 0.5) is 0 Å². The van der Waals surface area contributed by atoms with Gasteiger partial charge in [0.2, 0.25) is 0 Å². The summed E-state index contributed by atoms with van der Waals surface area (Å²) in [6, 6.07) is 14.1. The third-order valence-corrected chi connectivity index (χ3v) is 3.41. The SMILES string of the molecule is C[C@](N)(C(=O)O)c1cccc(OCc2cccc(Cl)c2)c1. The predicted molar refractivity (Wildman–Crippen MR) is 81.4 cm³/mol. The summed E-state index contributed by atoms with van der Waals surface area (Å²) in [6.45, 7) is 1.80. The quantitative estimate of drug-likeness (QED) is 0.890. The van der Waals surface area contributed by atoms with E-state index in [0.717, 1.165) is 5.56 Å². The lowest BCUT2D eigenvalue weighted by Crippen LogP contribution is -2.41. The molecule has 0 spiro atoms. The van der Waals surface area contributed by atoms with E-state index in [2.05, 4.69) is 0 Å². The Morgan fingerprint density at radius 2 is 2.00 bits per heavy atom. The van der Waals surface area contributed by atoms with Crippen molar-refractivity contribution in [1.29, 1.82) is 0 Å². The summed E-state index contributed by atoms with van der Waals surface area (Å²) in [5.74, 6) is -0.528. The summed E-state index contributed by atoms with van der Waals surface area (Å²) in [5, 5.41) is 9.79. The maximum absolute atomic E-state index is 11.2. The molecular formula is C16H16ClNO3. The molecule has 4 nitrogen and oxygen atoms in total. The number of ether oxygens (including phenoxy) is 1. The van der Waals surface area contributed by atoms with Gasteiger partial charge in [-0.2, -0.15) is 0 Å². The second kappa shape index (κ2) is 6.16. The first kappa shape index (κ1) is 15.4. The normalized spacial score (nSPS) is 13.5. The molecule has 0 fully saturated rings. The van der Waals surface area contributed by atoms with E-state index in [4.69, 9.17) is 27.2 Å². The monoisotopic (exact) mass is 305 g/mol. The number of carboxylic acids is 1. The van der Waals surface area contributed by atoms with Crippen molar-refractivity contribution in [3.8, 4) is 5.75 Å². The van der Waals surface area contributed by atoms with Crippen molar-refractivity contribution >= 4 is 17.6 Å². The number of benzene rings is 2. The number of nitrogens with two attached hydrogens (primary N) is 1. The number of carbonyl (C=O) groups is 1. The molecule has 21 heavy (non-hydrogen) atoms. The zero-order chi connectivity index (χ0) is 15.5. The van der Waals surface area contributed by atoms with Gasteiger partial charge in [0.1, 0.15) is 17.9 Å². The third-order valence-electron chi connectivity index (χ3n) is 3.17. The van der Waals surface area contributed by atoms with Crippen molar-refractivity contribution in [3.63, 3.8) is 0 Å². The van der Waals surface area contributed by atoms with Crippen molar-refractivity contribution in [2.24, 2.45) is 5.73 Å². The molecule has 0 heterocycles. The molecule has 0 saturated carbocycles. The Labute approximate surface area is 128 Å². The minimum atomic E-state index is -1.45. The first-order valence-corrected chi connectivity index (χ1v) is 6.77. The number of aliphatic carboxylic acids is 1. The van der Waals surface area contributed by atoms with Gasteiger partial charge < -0.3 is 15.6 Å². The zero-order valence-corrected chi connectivity index (χ0v) is 12.3. The number of rotatable bonds is 5. The molecule has 0 saturated heterocycles. The molecule has 0 amide bonds. The van der Waals surface area contributed by atoms with Crippen molar-refractivity contribution in [2.45, 2.75) is 19.1 Å². The minimum absolute atomic E-state index is 0.346. The maximum Gasteiger partial charge on any atom is 0.328 e. The summed E-state index contributed by atoms with van der Waals surface area (Å²) in [7, 11) is 0. The van der Waals surface area contributed by atoms with Gasteiger partial charge in [-0.3, -0.25) is 0 Å². The highest BCUT2D eigenvalue weighted by Crippen LogP contribution is 2.23. The fraction of sp³-hybridized carbons (Fsp3) is 0.188. The van der Waals surface area contributed by atoms with E-state index in [1.165, 1.54) is 6.92 Å². The van der Waals surface area contributed by atoms with Crippen LogP contribution in [-0.2, 0) is 16.9 Å². The van der Waals surface area contributed by atoms with Crippen LogP contribution in [0.1, 0.15) is 18.1 Å². The lowest BCUT2D eigenvalue weighted by atomic mass is 9.93. The fourth-order valence-corrected chi connectivity index (χ4v) is 2.04. The molecule has 0 aliphatic rings. The van der Waals surface area contributed by atoms with Crippen molar-refractivity contribution in [2.75, 3.05) is 0 Å². The van der Waals surface area contributed by atoms with Gasteiger partial charge in [-0.1, -0.05) is 35.9 Å². The van der Waals surface area contributed by atoms with Crippen LogP contribution in [0.2, 0.25) is 5.02 Å². The summed E-state index contributed by atoms with van der Waals surface area (Å²) < 4.78 is 5.66. The molecule has 2 rings (SSSR count). The molecule has 0 bridgehead atoms. The van der Waals surface area contributed by atoms with Crippen molar-refractivity contribution in [1.82, 2.24) is 0 Å². The lowest BCUT2D eigenvalue weighted by molar-refractivity contribution is -0.143. The molecule has 5 heteroatoms. The molecular weight excluding hydrogens is 290 g/mol. The largest absolute Gasteiger partial charge is 0.489 e. The van der Waals surface area contributed by atoms with Gasteiger partial charge in [0.25, 0.3) is 0 Å². The second-order valence-electron chi connectivity index (χ2n) is 4.95. The van der Waals surface area contributed by atoms with Crippen LogP contribution < -0.4 is 10.5 Å². The van der Waals surface area contributed by atoms with E-state index in [1.807, 2.05) is 18.2 Å². The van der Waals surface area contributed by atoms with Gasteiger partial charge in [0.15, 0.2) is 0 Å². The summed E-state index contributed by atoms with van der Waals surface area (Å²) in [6.07, 6.45) is 0. The number of hydrogen-bond acceptors (Lipinski definition) is 3. The molecule has 3 N–H and O–H groups in total. The molecule has 0 aliphatic heterocycles. The molecule has 0 radical (unpaired) electrons. The highest BCUT2D eigenvalue weighted by molar-refractivity contribution is 6.30. The van der Waals surface area contributed by atoms with Crippen LogP contribution in [0.5, 0.6) is 5.75 Å². The first-order valence-electron chi connectivity index (χ1n) is 6.39. The lowest BCUT2D eigenvalue weighted by Gasteiger charge is -2.20. The average Bonchev–Trinajstić information content (AvgIpc) is 2.45.